The maximum absolute atomic E-state index is 12.3. The number of carbonyl (C=O) groups excluding carboxylic acids is 1. The van der Waals surface area contributed by atoms with Gasteiger partial charge in [-0.1, -0.05) is 12.8 Å². The van der Waals surface area contributed by atoms with Crippen LogP contribution in [0.3, 0.4) is 0 Å². The number of methoxy groups -OCH3 is 1. The molecule has 1 aliphatic heterocycles. The predicted octanol–water partition coefficient (Wildman–Crippen LogP) is 2.11. The van der Waals surface area contributed by atoms with Gasteiger partial charge in [-0.3, -0.25) is 4.79 Å². The van der Waals surface area contributed by atoms with E-state index in [-0.39, 0.29) is 5.91 Å². The molecular formula is C13H18N2O2. The van der Waals surface area contributed by atoms with Gasteiger partial charge in [-0.05, 0) is 18.9 Å². The lowest BCUT2D eigenvalue weighted by Gasteiger charge is -2.20. The molecule has 1 amide bonds. The first kappa shape index (κ1) is 11.9. The van der Waals surface area contributed by atoms with Gasteiger partial charge in [0.25, 0.3) is 5.91 Å². The Hall–Kier alpha value is -1.58. The van der Waals surface area contributed by atoms with Crippen molar-refractivity contribution in [2.24, 2.45) is 0 Å². The number of amides is 1. The molecule has 1 aliphatic rings. The molecule has 0 radical (unpaired) electrons. The highest BCUT2D eigenvalue weighted by molar-refractivity contribution is 5.94. The summed E-state index contributed by atoms with van der Waals surface area (Å²) < 4.78 is 5.04. The third kappa shape index (κ3) is 2.96. The van der Waals surface area contributed by atoms with E-state index in [1.165, 1.54) is 12.8 Å². The summed E-state index contributed by atoms with van der Waals surface area (Å²) in [6.07, 6.45) is 6.28. The first-order chi connectivity index (χ1) is 8.31. The van der Waals surface area contributed by atoms with E-state index >= 15 is 0 Å². The molecule has 0 N–H and O–H groups in total. The summed E-state index contributed by atoms with van der Waals surface area (Å²) in [6.45, 7) is 1.73. The minimum atomic E-state index is 0.0904. The van der Waals surface area contributed by atoms with Crippen LogP contribution in [0.1, 0.15) is 36.0 Å². The number of likely N-dealkylation sites (tertiary alicyclic amines) is 1. The Morgan fingerprint density at radius 3 is 2.65 bits per heavy atom. The standard InChI is InChI=1S/C13H18N2O2/c1-17-12-10-11(6-7-14-12)13(16)15-8-4-2-3-5-9-15/h6-7,10H,2-5,8-9H2,1H3. The fraction of sp³-hybridized carbons (Fsp3) is 0.538. The monoisotopic (exact) mass is 234 g/mol. The van der Waals surface area contributed by atoms with Crippen molar-refractivity contribution in [1.29, 1.82) is 0 Å². The second kappa shape index (κ2) is 5.66. The van der Waals surface area contributed by atoms with E-state index in [0.29, 0.717) is 11.4 Å². The molecule has 0 aromatic carbocycles. The highest BCUT2D eigenvalue weighted by Crippen LogP contribution is 2.15. The number of carbonyl (C=O) groups is 1. The van der Waals surface area contributed by atoms with E-state index in [4.69, 9.17) is 4.74 Å². The van der Waals surface area contributed by atoms with Gasteiger partial charge in [-0.25, -0.2) is 4.98 Å². The molecule has 0 spiro atoms. The third-order valence-corrected chi connectivity index (χ3v) is 3.08. The summed E-state index contributed by atoms with van der Waals surface area (Å²) in [5.74, 6) is 0.582. The van der Waals surface area contributed by atoms with Crippen LogP contribution in [0.15, 0.2) is 18.3 Å². The fourth-order valence-corrected chi connectivity index (χ4v) is 2.11. The molecule has 1 aromatic heterocycles. The van der Waals surface area contributed by atoms with Crippen LogP contribution < -0.4 is 4.74 Å². The van der Waals surface area contributed by atoms with E-state index in [1.807, 2.05) is 4.90 Å². The van der Waals surface area contributed by atoms with Gasteiger partial charge in [0.2, 0.25) is 5.88 Å². The average Bonchev–Trinajstić information content (AvgIpc) is 2.67. The lowest BCUT2D eigenvalue weighted by molar-refractivity contribution is 0.0761. The van der Waals surface area contributed by atoms with Gasteiger partial charge >= 0.3 is 0 Å². The molecule has 2 rings (SSSR count). The van der Waals surface area contributed by atoms with Gasteiger partial charge in [-0.2, -0.15) is 0 Å². The highest BCUT2D eigenvalue weighted by Gasteiger charge is 2.17. The smallest absolute Gasteiger partial charge is 0.254 e. The second-order valence-corrected chi connectivity index (χ2v) is 4.29. The Morgan fingerprint density at radius 1 is 1.29 bits per heavy atom. The van der Waals surface area contributed by atoms with E-state index in [0.717, 1.165) is 25.9 Å². The molecule has 0 saturated carbocycles. The number of nitrogens with zero attached hydrogens (tertiary/aromatic N) is 2. The van der Waals surface area contributed by atoms with Crippen LogP contribution in [0.25, 0.3) is 0 Å². The molecule has 0 atom stereocenters. The molecular weight excluding hydrogens is 216 g/mol. The zero-order chi connectivity index (χ0) is 12.1. The van der Waals surface area contributed by atoms with Crippen molar-refractivity contribution in [2.45, 2.75) is 25.7 Å². The maximum atomic E-state index is 12.3. The molecule has 0 unspecified atom stereocenters. The Bertz CT molecular complexity index is 385. The van der Waals surface area contributed by atoms with Crippen LogP contribution in [-0.2, 0) is 0 Å². The van der Waals surface area contributed by atoms with E-state index in [1.54, 1.807) is 25.4 Å². The van der Waals surface area contributed by atoms with Crippen LogP contribution in [0.4, 0.5) is 0 Å². The Morgan fingerprint density at radius 2 is 2.00 bits per heavy atom. The van der Waals surface area contributed by atoms with Gasteiger partial charge in [0.1, 0.15) is 0 Å². The van der Waals surface area contributed by atoms with Crippen LogP contribution in [0, 0.1) is 0 Å². The zero-order valence-electron chi connectivity index (χ0n) is 10.2. The molecule has 17 heavy (non-hydrogen) atoms. The van der Waals surface area contributed by atoms with Crippen molar-refractivity contribution in [3.63, 3.8) is 0 Å². The third-order valence-electron chi connectivity index (χ3n) is 3.08. The number of rotatable bonds is 2. The largest absolute Gasteiger partial charge is 0.481 e. The quantitative estimate of drug-likeness (QED) is 0.787. The number of hydrogen-bond acceptors (Lipinski definition) is 3. The van der Waals surface area contributed by atoms with Crippen LogP contribution in [-0.4, -0.2) is 36.0 Å². The van der Waals surface area contributed by atoms with Crippen LogP contribution >= 0.6 is 0 Å². The molecule has 2 heterocycles. The van der Waals surface area contributed by atoms with Crippen molar-refractivity contribution in [2.75, 3.05) is 20.2 Å². The first-order valence-electron chi connectivity index (χ1n) is 6.10. The number of pyridine rings is 1. The maximum Gasteiger partial charge on any atom is 0.254 e. The summed E-state index contributed by atoms with van der Waals surface area (Å²) in [4.78, 5) is 18.2. The minimum Gasteiger partial charge on any atom is -0.481 e. The van der Waals surface area contributed by atoms with Crippen molar-refractivity contribution in [1.82, 2.24) is 9.88 Å². The Kier molecular flexibility index (Phi) is 3.96. The minimum absolute atomic E-state index is 0.0904. The fourth-order valence-electron chi connectivity index (χ4n) is 2.11. The normalized spacial score (nSPS) is 16.4. The average molecular weight is 234 g/mol. The topological polar surface area (TPSA) is 42.4 Å². The van der Waals surface area contributed by atoms with Crippen molar-refractivity contribution >= 4 is 5.91 Å². The zero-order valence-corrected chi connectivity index (χ0v) is 10.2. The molecule has 4 nitrogen and oxygen atoms in total. The highest BCUT2D eigenvalue weighted by atomic mass is 16.5. The van der Waals surface area contributed by atoms with Gasteiger partial charge in [-0.15, -0.1) is 0 Å². The molecule has 1 fully saturated rings. The molecule has 0 aliphatic carbocycles. The van der Waals surface area contributed by atoms with E-state index < -0.39 is 0 Å². The van der Waals surface area contributed by atoms with Crippen molar-refractivity contribution in [3.05, 3.63) is 23.9 Å². The molecule has 92 valence electrons. The summed E-state index contributed by atoms with van der Waals surface area (Å²) >= 11 is 0. The number of ether oxygens (including phenoxy) is 1. The van der Waals surface area contributed by atoms with Gasteiger partial charge < -0.3 is 9.64 Å². The van der Waals surface area contributed by atoms with Crippen LogP contribution in [0.5, 0.6) is 5.88 Å². The van der Waals surface area contributed by atoms with E-state index in [2.05, 4.69) is 4.98 Å². The van der Waals surface area contributed by atoms with Crippen LogP contribution in [0.2, 0.25) is 0 Å². The molecule has 1 aromatic rings. The predicted molar refractivity (Wildman–Crippen MR) is 65.2 cm³/mol. The van der Waals surface area contributed by atoms with Crippen molar-refractivity contribution in [3.8, 4) is 5.88 Å². The van der Waals surface area contributed by atoms with Gasteiger partial charge in [0.15, 0.2) is 0 Å². The Balaban J connectivity index is 2.11. The summed E-state index contributed by atoms with van der Waals surface area (Å²) in [7, 11) is 1.56. The second-order valence-electron chi connectivity index (χ2n) is 4.29. The lowest BCUT2D eigenvalue weighted by Crippen LogP contribution is -2.31. The summed E-state index contributed by atoms with van der Waals surface area (Å²) in [5.41, 5.74) is 0.666. The number of hydrogen-bond donors (Lipinski definition) is 0. The number of aromatic nitrogens is 1. The Labute approximate surface area is 102 Å². The van der Waals surface area contributed by atoms with Crippen molar-refractivity contribution < 1.29 is 9.53 Å². The SMILES string of the molecule is COc1cc(C(=O)N2CCCCCC2)ccn1. The molecule has 4 heteroatoms. The molecule has 1 saturated heterocycles. The summed E-state index contributed by atoms with van der Waals surface area (Å²) in [6, 6.07) is 3.45. The van der Waals surface area contributed by atoms with Gasteiger partial charge in [0.05, 0.1) is 7.11 Å². The summed E-state index contributed by atoms with van der Waals surface area (Å²) in [5, 5.41) is 0. The van der Waals surface area contributed by atoms with E-state index in [9.17, 15) is 4.79 Å². The molecule has 0 bridgehead atoms. The lowest BCUT2D eigenvalue weighted by atomic mass is 10.2. The van der Waals surface area contributed by atoms with Gasteiger partial charge in [0, 0.05) is 30.9 Å². The first-order valence-corrected chi connectivity index (χ1v) is 6.10.